The van der Waals surface area contributed by atoms with E-state index in [9.17, 15) is 0 Å². The van der Waals surface area contributed by atoms with Gasteiger partial charge in [0.2, 0.25) is 0 Å². The van der Waals surface area contributed by atoms with Crippen molar-refractivity contribution in [3.8, 4) is 45.0 Å². The number of rotatable bonds is 6. The van der Waals surface area contributed by atoms with Crippen molar-refractivity contribution in [2.45, 2.75) is 38.5 Å². The van der Waals surface area contributed by atoms with Crippen LogP contribution < -0.4 is 9.80 Å². The molecule has 8 aromatic carbocycles. The van der Waals surface area contributed by atoms with Crippen LogP contribution in [-0.2, 0) is 10.8 Å². The molecule has 0 radical (unpaired) electrons. The van der Waals surface area contributed by atoms with E-state index in [-0.39, 0.29) is 10.8 Å². The standard InChI is InChI=1S/C60H46N6/c1-59(2)45-23-11-15-27-49(45)65(50-28-16-12-24-46(50)59)43-35-31-41(32-36-43)55-53(39-19-7-5-8-20-39)61-57-58(63-55)64-56(54(62-57)40-21-9-6-10-22-40)42-33-37-44(38-34-42)66-51-29-17-13-25-47(51)60(3,4)48-26-14-18-30-52(48)66/h5-38H,1-4H3. The topological polar surface area (TPSA) is 58.0 Å². The summed E-state index contributed by atoms with van der Waals surface area (Å²) >= 11 is 0. The number of hydrogen-bond acceptors (Lipinski definition) is 6. The average molecular weight is 851 g/mol. The maximum Gasteiger partial charge on any atom is 0.199 e. The molecular weight excluding hydrogens is 805 g/mol. The average Bonchev–Trinajstić information content (AvgIpc) is 3.37. The molecule has 66 heavy (non-hydrogen) atoms. The van der Waals surface area contributed by atoms with Gasteiger partial charge in [0.05, 0.1) is 45.5 Å². The second-order valence-corrected chi connectivity index (χ2v) is 18.3. The van der Waals surface area contributed by atoms with Crippen LogP contribution in [0.4, 0.5) is 34.1 Å². The first kappa shape index (κ1) is 39.4. The molecule has 4 heterocycles. The van der Waals surface area contributed by atoms with Gasteiger partial charge >= 0.3 is 0 Å². The molecular formula is C60H46N6. The Labute approximate surface area is 385 Å². The summed E-state index contributed by atoms with van der Waals surface area (Å²) in [7, 11) is 0. The number of benzene rings is 8. The lowest BCUT2D eigenvalue weighted by molar-refractivity contribution is 0.632. The number of aromatic nitrogens is 4. The molecule has 0 saturated carbocycles. The maximum atomic E-state index is 5.37. The highest BCUT2D eigenvalue weighted by Crippen LogP contribution is 2.53. The van der Waals surface area contributed by atoms with Crippen molar-refractivity contribution in [3.63, 3.8) is 0 Å². The van der Waals surface area contributed by atoms with Crippen LogP contribution in [0.2, 0.25) is 0 Å². The number of anilines is 6. The van der Waals surface area contributed by atoms with Gasteiger partial charge in [-0.3, -0.25) is 0 Å². The van der Waals surface area contributed by atoms with Crippen molar-refractivity contribution in [2.75, 3.05) is 9.80 Å². The molecule has 0 bridgehead atoms. The predicted octanol–water partition coefficient (Wildman–Crippen LogP) is 15.3. The van der Waals surface area contributed by atoms with E-state index in [0.717, 1.165) is 56.4 Å². The lowest BCUT2D eigenvalue weighted by atomic mass is 9.73. The van der Waals surface area contributed by atoms with Gasteiger partial charge in [0.1, 0.15) is 0 Å². The fraction of sp³-hybridized carbons (Fsp3) is 0.100. The van der Waals surface area contributed by atoms with E-state index in [1.807, 2.05) is 36.4 Å². The Kier molecular flexibility index (Phi) is 9.07. The fourth-order valence-corrected chi connectivity index (χ4v) is 10.3. The largest absolute Gasteiger partial charge is 0.310 e. The normalized spacial score (nSPS) is 14.2. The summed E-state index contributed by atoms with van der Waals surface area (Å²) in [4.78, 5) is 26.1. The first-order valence-corrected chi connectivity index (χ1v) is 22.7. The van der Waals surface area contributed by atoms with E-state index in [2.05, 4.69) is 207 Å². The highest BCUT2D eigenvalue weighted by Gasteiger charge is 2.38. The minimum atomic E-state index is -0.138. The van der Waals surface area contributed by atoms with E-state index in [1.165, 1.54) is 45.0 Å². The van der Waals surface area contributed by atoms with Gasteiger partial charge in [-0.05, 0) is 70.8 Å². The van der Waals surface area contributed by atoms with E-state index in [1.54, 1.807) is 0 Å². The molecule has 10 aromatic rings. The van der Waals surface area contributed by atoms with E-state index in [0.29, 0.717) is 11.3 Å². The lowest BCUT2D eigenvalue weighted by Crippen LogP contribution is -2.30. The van der Waals surface area contributed by atoms with Crippen LogP contribution in [0, 0.1) is 0 Å². The van der Waals surface area contributed by atoms with Crippen molar-refractivity contribution in [3.05, 3.63) is 229 Å². The Morgan fingerprint density at radius 3 is 0.803 bits per heavy atom. The molecule has 2 aliphatic heterocycles. The predicted molar refractivity (Wildman–Crippen MR) is 270 cm³/mol. The summed E-state index contributed by atoms with van der Waals surface area (Å²) in [5.41, 5.74) is 19.5. The Morgan fingerprint density at radius 2 is 0.515 bits per heavy atom. The Hall–Kier alpha value is -8.22. The van der Waals surface area contributed by atoms with Crippen LogP contribution in [0.3, 0.4) is 0 Å². The zero-order valence-corrected chi connectivity index (χ0v) is 37.3. The molecule has 0 amide bonds. The Bertz CT molecular complexity index is 3140. The molecule has 6 heteroatoms. The van der Waals surface area contributed by atoms with Gasteiger partial charge in [-0.25, -0.2) is 19.9 Å². The van der Waals surface area contributed by atoms with Gasteiger partial charge in [0, 0.05) is 44.5 Å². The molecule has 0 N–H and O–H groups in total. The molecule has 0 fully saturated rings. The van der Waals surface area contributed by atoms with Crippen molar-refractivity contribution in [2.24, 2.45) is 0 Å². The summed E-state index contributed by atoms with van der Waals surface area (Å²) in [5, 5.41) is 0. The third kappa shape index (κ3) is 6.24. The van der Waals surface area contributed by atoms with Crippen molar-refractivity contribution < 1.29 is 0 Å². The summed E-state index contributed by atoms with van der Waals surface area (Å²) in [6.07, 6.45) is 0. The zero-order chi connectivity index (χ0) is 44.6. The second kappa shape index (κ2) is 15.2. The summed E-state index contributed by atoms with van der Waals surface area (Å²) in [5.74, 6) is 0. The van der Waals surface area contributed by atoms with Gasteiger partial charge < -0.3 is 9.80 Å². The van der Waals surface area contributed by atoms with E-state index >= 15 is 0 Å². The van der Waals surface area contributed by atoms with Crippen LogP contribution >= 0.6 is 0 Å². The molecule has 316 valence electrons. The van der Waals surface area contributed by atoms with Crippen LogP contribution in [-0.4, -0.2) is 19.9 Å². The van der Waals surface area contributed by atoms with Crippen molar-refractivity contribution in [1.29, 1.82) is 0 Å². The molecule has 0 atom stereocenters. The van der Waals surface area contributed by atoms with Crippen LogP contribution in [0.15, 0.2) is 206 Å². The third-order valence-corrected chi connectivity index (χ3v) is 13.7. The van der Waals surface area contributed by atoms with Crippen LogP contribution in [0.25, 0.3) is 56.3 Å². The van der Waals surface area contributed by atoms with Crippen molar-refractivity contribution >= 4 is 45.4 Å². The minimum absolute atomic E-state index is 0.138. The molecule has 2 aliphatic rings. The molecule has 0 spiro atoms. The SMILES string of the molecule is CC1(C)c2ccccc2N(c2ccc(-c3nc4nc(-c5ccc(N6c7ccccc7C(C)(C)c7ccccc76)cc5)c(-c5ccccc5)nc4nc3-c3ccccc3)cc2)c2ccccc21. The monoisotopic (exact) mass is 850 g/mol. The first-order chi connectivity index (χ1) is 32.3. The molecule has 0 saturated heterocycles. The number of fused-ring (bicyclic) bond motifs is 5. The molecule has 2 aromatic heterocycles. The first-order valence-electron chi connectivity index (χ1n) is 22.7. The maximum absolute atomic E-state index is 5.37. The van der Waals surface area contributed by atoms with Crippen LogP contribution in [0.5, 0.6) is 0 Å². The zero-order valence-electron chi connectivity index (χ0n) is 37.3. The molecule has 0 unspecified atom stereocenters. The second-order valence-electron chi connectivity index (χ2n) is 18.3. The highest BCUT2D eigenvalue weighted by atomic mass is 15.2. The quantitative estimate of drug-likeness (QED) is 0.166. The Balaban J connectivity index is 0.992. The Morgan fingerprint density at radius 1 is 0.273 bits per heavy atom. The van der Waals surface area contributed by atoms with Gasteiger partial charge in [0.25, 0.3) is 0 Å². The highest BCUT2D eigenvalue weighted by molar-refractivity contribution is 5.91. The van der Waals surface area contributed by atoms with Crippen molar-refractivity contribution in [1.82, 2.24) is 19.9 Å². The molecule has 6 nitrogen and oxygen atoms in total. The number of nitrogens with zero attached hydrogens (tertiary/aromatic N) is 6. The molecule has 12 rings (SSSR count). The fourth-order valence-electron chi connectivity index (χ4n) is 10.3. The van der Waals surface area contributed by atoms with E-state index in [4.69, 9.17) is 19.9 Å². The van der Waals surface area contributed by atoms with Gasteiger partial charge in [-0.1, -0.05) is 185 Å². The van der Waals surface area contributed by atoms with Gasteiger partial charge in [0.15, 0.2) is 11.3 Å². The summed E-state index contributed by atoms with van der Waals surface area (Å²) in [6.45, 7) is 9.26. The summed E-state index contributed by atoms with van der Waals surface area (Å²) in [6, 6.07) is 72.9. The number of para-hydroxylation sites is 4. The minimum Gasteiger partial charge on any atom is -0.310 e. The smallest absolute Gasteiger partial charge is 0.199 e. The lowest BCUT2D eigenvalue weighted by Gasteiger charge is -2.42. The molecule has 0 aliphatic carbocycles. The van der Waals surface area contributed by atoms with Crippen LogP contribution in [0.1, 0.15) is 49.9 Å². The summed E-state index contributed by atoms with van der Waals surface area (Å²) < 4.78 is 0. The number of hydrogen-bond donors (Lipinski definition) is 0. The third-order valence-electron chi connectivity index (χ3n) is 13.7. The van der Waals surface area contributed by atoms with E-state index < -0.39 is 0 Å². The van der Waals surface area contributed by atoms with Gasteiger partial charge in [-0.15, -0.1) is 0 Å². The van der Waals surface area contributed by atoms with Gasteiger partial charge in [-0.2, -0.15) is 0 Å².